The molecule has 2 nitrogen and oxygen atoms in total. The van der Waals surface area contributed by atoms with E-state index in [1.165, 1.54) is 22.6 Å². The van der Waals surface area contributed by atoms with Crippen molar-refractivity contribution in [1.82, 2.24) is 5.32 Å². The van der Waals surface area contributed by atoms with Crippen LogP contribution in [0.4, 0.5) is 0 Å². The monoisotopic (exact) mass is 252 g/mol. The van der Waals surface area contributed by atoms with Crippen molar-refractivity contribution in [2.45, 2.75) is 39.2 Å². The Morgan fingerprint density at radius 1 is 1.47 bits per heavy atom. The van der Waals surface area contributed by atoms with Gasteiger partial charge in [0.05, 0.1) is 6.04 Å². The summed E-state index contributed by atoms with van der Waals surface area (Å²) in [6.07, 6.45) is 3.98. The van der Waals surface area contributed by atoms with Crippen LogP contribution in [0.3, 0.4) is 0 Å². The maximum Gasteiger partial charge on any atom is 0.0539 e. The number of hydrogen-bond acceptors (Lipinski definition) is 3. The Bertz CT molecular complexity index is 344. The number of nitrogens with one attached hydrogen (secondary N) is 1. The molecule has 0 saturated heterocycles. The van der Waals surface area contributed by atoms with E-state index in [9.17, 15) is 0 Å². The molecule has 2 rings (SSSR count). The van der Waals surface area contributed by atoms with E-state index in [2.05, 4.69) is 31.3 Å². The third-order valence-electron chi connectivity index (χ3n) is 3.72. The minimum Gasteiger partial charge on any atom is -0.329 e. The SMILES string of the molecule is CCc1ccc(C(CN)NCC(C)C2CC2)s1. The van der Waals surface area contributed by atoms with E-state index in [0.29, 0.717) is 12.6 Å². The van der Waals surface area contributed by atoms with Crippen molar-refractivity contribution in [1.29, 1.82) is 0 Å². The van der Waals surface area contributed by atoms with Gasteiger partial charge in [-0.25, -0.2) is 0 Å². The summed E-state index contributed by atoms with van der Waals surface area (Å²) in [5.74, 6) is 1.77. The molecular formula is C14H24N2S. The van der Waals surface area contributed by atoms with Crippen LogP contribution in [0.5, 0.6) is 0 Å². The van der Waals surface area contributed by atoms with Gasteiger partial charge in [0.15, 0.2) is 0 Å². The molecule has 0 aromatic carbocycles. The molecule has 1 fully saturated rings. The van der Waals surface area contributed by atoms with Gasteiger partial charge >= 0.3 is 0 Å². The number of thiophene rings is 1. The van der Waals surface area contributed by atoms with E-state index in [-0.39, 0.29) is 0 Å². The van der Waals surface area contributed by atoms with Gasteiger partial charge in [-0.1, -0.05) is 13.8 Å². The standard InChI is InChI=1S/C14H24N2S/c1-3-12-6-7-14(17-12)13(8-15)16-9-10(2)11-4-5-11/h6-7,10-11,13,16H,3-5,8-9,15H2,1-2H3. The molecule has 0 radical (unpaired) electrons. The Kier molecular flexibility index (Phi) is 4.60. The topological polar surface area (TPSA) is 38.0 Å². The van der Waals surface area contributed by atoms with Crippen molar-refractivity contribution in [2.24, 2.45) is 17.6 Å². The quantitative estimate of drug-likeness (QED) is 0.783. The maximum absolute atomic E-state index is 5.88. The summed E-state index contributed by atoms with van der Waals surface area (Å²) in [7, 11) is 0. The Hall–Kier alpha value is -0.380. The summed E-state index contributed by atoms with van der Waals surface area (Å²) in [6.45, 7) is 6.35. The van der Waals surface area contributed by atoms with E-state index in [0.717, 1.165) is 24.8 Å². The third kappa shape index (κ3) is 3.54. The van der Waals surface area contributed by atoms with E-state index in [4.69, 9.17) is 5.73 Å². The van der Waals surface area contributed by atoms with Crippen LogP contribution in [0, 0.1) is 11.8 Å². The van der Waals surface area contributed by atoms with Crippen molar-refractivity contribution in [3.63, 3.8) is 0 Å². The van der Waals surface area contributed by atoms with Crippen LogP contribution >= 0.6 is 11.3 Å². The van der Waals surface area contributed by atoms with Gasteiger partial charge in [0.25, 0.3) is 0 Å². The highest BCUT2D eigenvalue weighted by molar-refractivity contribution is 7.12. The molecule has 2 unspecified atom stereocenters. The van der Waals surface area contributed by atoms with Crippen LogP contribution < -0.4 is 11.1 Å². The summed E-state index contributed by atoms with van der Waals surface area (Å²) in [5, 5.41) is 3.63. The molecule has 3 N–H and O–H groups in total. The molecule has 1 aromatic heterocycles. The fourth-order valence-corrected chi connectivity index (χ4v) is 3.27. The lowest BCUT2D eigenvalue weighted by atomic mass is 10.1. The Labute approximate surface area is 109 Å². The second kappa shape index (κ2) is 5.98. The first-order valence-electron chi connectivity index (χ1n) is 6.76. The molecule has 17 heavy (non-hydrogen) atoms. The fraction of sp³-hybridized carbons (Fsp3) is 0.714. The molecule has 1 aliphatic rings. The van der Waals surface area contributed by atoms with E-state index in [1.54, 1.807) is 0 Å². The number of rotatable bonds is 7. The Morgan fingerprint density at radius 3 is 2.76 bits per heavy atom. The summed E-state index contributed by atoms with van der Waals surface area (Å²) < 4.78 is 0. The van der Waals surface area contributed by atoms with E-state index in [1.807, 2.05) is 11.3 Å². The number of nitrogens with two attached hydrogens (primary N) is 1. The van der Waals surface area contributed by atoms with Crippen LogP contribution in [0.2, 0.25) is 0 Å². The predicted molar refractivity (Wildman–Crippen MR) is 75.4 cm³/mol. The molecule has 0 amide bonds. The van der Waals surface area contributed by atoms with Crippen LogP contribution in [0.1, 0.15) is 42.5 Å². The second-order valence-electron chi connectivity index (χ2n) is 5.17. The molecule has 0 bridgehead atoms. The minimum absolute atomic E-state index is 0.349. The van der Waals surface area contributed by atoms with Gasteiger partial charge in [-0.2, -0.15) is 0 Å². The lowest BCUT2D eigenvalue weighted by Gasteiger charge is -2.18. The van der Waals surface area contributed by atoms with Gasteiger partial charge in [-0.15, -0.1) is 11.3 Å². The molecule has 3 heteroatoms. The molecule has 1 saturated carbocycles. The number of aryl methyl sites for hydroxylation is 1. The first kappa shape index (κ1) is 13.1. The van der Waals surface area contributed by atoms with Crippen molar-refractivity contribution in [3.05, 3.63) is 21.9 Å². The molecule has 1 heterocycles. The minimum atomic E-state index is 0.349. The fourth-order valence-electron chi connectivity index (χ4n) is 2.23. The molecule has 96 valence electrons. The smallest absolute Gasteiger partial charge is 0.0539 e. The average Bonchev–Trinajstić information content (AvgIpc) is 3.09. The zero-order chi connectivity index (χ0) is 12.3. The van der Waals surface area contributed by atoms with Crippen LogP contribution in [0.15, 0.2) is 12.1 Å². The normalized spacial score (nSPS) is 19.2. The highest BCUT2D eigenvalue weighted by Crippen LogP contribution is 2.36. The zero-order valence-electron chi connectivity index (χ0n) is 10.9. The van der Waals surface area contributed by atoms with Gasteiger partial charge in [0.2, 0.25) is 0 Å². The van der Waals surface area contributed by atoms with Gasteiger partial charge in [-0.3, -0.25) is 0 Å². The van der Waals surface area contributed by atoms with Gasteiger partial charge in [-0.05, 0) is 49.8 Å². The van der Waals surface area contributed by atoms with Crippen molar-refractivity contribution >= 4 is 11.3 Å². The molecule has 2 atom stereocenters. The van der Waals surface area contributed by atoms with E-state index < -0.39 is 0 Å². The second-order valence-corrected chi connectivity index (χ2v) is 6.37. The van der Waals surface area contributed by atoms with Gasteiger partial charge < -0.3 is 11.1 Å². The van der Waals surface area contributed by atoms with Crippen molar-refractivity contribution < 1.29 is 0 Å². The summed E-state index contributed by atoms with van der Waals surface area (Å²) in [6, 6.07) is 4.81. The predicted octanol–water partition coefficient (Wildman–Crippen LogP) is 2.95. The van der Waals surface area contributed by atoms with Crippen molar-refractivity contribution in [2.75, 3.05) is 13.1 Å². The zero-order valence-corrected chi connectivity index (χ0v) is 11.7. The first-order valence-corrected chi connectivity index (χ1v) is 7.58. The van der Waals surface area contributed by atoms with Crippen LogP contribution in [-0.4, -0.2) is 13.1 Å². The highest BCUT2D eigenvalue weighted by Gasteiger charge is 2.28. The lowest BCUT2D eigenvalue weighted by molar-refractivity contribution is 0.425. The van der Waals surface area contributed by atoms with E-state index >= 15 is 0 Å². The van der Waals surface area contributed by atoms with Gasteiger partial charge in [0.1, 0.15) is 0 Å². The summed E-state index contributed by atoms with van der Waals surface area (Å²) in [5.41, 5.74) is 5.88. The Morgan fingerprint density at radius 2 is 2.24 bits per heavy atom. The summed E-state index contributed by atoms with van der Waals surface area (Å²) in [4.78, 5) is 2.85. The summed E-state index contributed by atoms with van der Waals surface area (Å²) >= 11 is 1.90. The maximum atomic E-state index is 5.88. The van der Waals surface area contributed by atoms with Crippen molar-refractivity contribution in [3.8, 4) is 0 Å². The molecule has 0 spiro atoms. The largest absolute Gasteiger partial charge is 0.329 e. The van der Waals surface area contributed by atoms with Crippen LogP contribution in [-0.2, 0) is 6.42 Å². The average molecular weight is 252 g/mol. The lowest BCUT2D eigenvalue weighted by Crippen LogP contribution is -2.31. The molecule has 0 aliphatic heterocycles. The van der Waals surface area contributed by atoms with Crippen LogP contribution in [0.25, 0.3) is 0 Å². The molecule has 1 aromatic rings. The highest BCUT2D eigenvalue weighted by atomic mass is 32.1. The first-order chi connectivity index (χ1) is 8.24. The number of hydrogen-bond donors (Lipinski definition) is 2. The third-order valence-corrected chi connectivity index (χ3v) is 5.07. The molecule has 1 aliphatic carbocycles. The molecular weight excluding hydrogens is 228 g/mol. The van der Waals surface area contributed by atoms with Gasteiger partial charge in [0, 0.05) is 16.3 Å². The Balaban J connectivity index is 1.86.